The van der Waals surface area contributed by atoms with Gasteiger partial charge in [-0.15, -0.1) is 20.4 Å². The van der Waals surface area contributed by atoms with Crippen molar-refractivity contribution in [3.05, 3.63) is 128 Å². The summed E-state index contributed by atoms with van der Waals surface area (Å²) in [4.78, 5) is 6.85. The molecule has 0 saturated heterocycles. The maximum atomic E-state index is 14.8. The number of phenols is 1. The SMILES string of the molecule is [C-]#[N+]c1ccc(NC(c2nnc(-c3ccc(F)c(O)c3)o2)[C@H](C)O)c(C)c1Cl.[C-]#[N+]c1ccc(NC(c2nnc(-c3ccc(F)c(O[Si](C)(C)C(C)(C)C)c3)o2)[C@H](C)O[Si](C)(C)C(C)(C)C)c(C)c1Cl. The molecular formula is C50H60Cl2F2N8O6Si2. The lowest BCUT2D eigenvalue weighted by Crippen LogP contribution is -2.45. The Morgan fingerprint density at radius 2 is 1.11 bits per heavy atom. The van der Waals surface area contributed by atoms with E-state index in [2.05, 4.69) is 108 Å². The molecular weight excluding hydrogens is 974 g/mol. The maximum Gasteiger partial charge on any atom is 0.250 e. The molecule has 0 spiro atoms. The van der Waals surface area contributed by atoms with E-state index in [1.807, 2.05) is 19.9 Å². The van der Waals surface area contributed by atoms with Crippen LogP contribution in [0.2, 0.25) is 46.3 Å². The van der Waals surface area contributed by atoms with Crippen molar-refractivity contribution in [1.82, 2.24) is 20.4 Å². The minimum absolute atomic E-state index is 0.0169. The van der Waals surface area contributed by atoms with Gasteiger partial charge in [-0.05, 0) is 124 Å². The zero-order chi connectivity index (χ0) is 52.3. The molecule has 4 atom stereocenters. The number of hydrogen-bond acceptors (Lipinski definition) is 12. The molecule has 14 nitrogen and oxygen atoms in total. The first-order chi connectivity index (χ1) is 32.5. The summed E-state index contributed by atoms with van der Waals surface area (Å²) in [6.45, 7) is 43.0. The molecule has 0 amide bonds. The Hall–Kier alpha value is -5.87. The molecule has 2 heterocycles. The molecule has 2 aromatic heterocycles. The molecule has 0 aliphatic rings. The number of nitrogens with zero attached hydrogens (tertiary/aromatic N) is 6. The monoisotopic (exact) mass is 1030 g/mol. The molecule has 0 radical (unpaired) electrons. The van der Waals surface area contributed by atoms with Crippen molar-refractivity contribution in [2.75, 3.05) is 10.6 Å². The quantitative estimate of drug-likeness (QED) is 0.0602. The number of halogens is 4. The van der Waals surface area contributed by atoms with Gasteiger partial charge in [0.2, 0.25) is 34.9 Å². The summed E-state index contributed by atoms with van der Waals surface area (Å²) in [5.41, 5.74) is 4.31. The summed E-state index contributed by atoms with van der Waals surface area (Å²) in [6.07, 6.45) is -1.27. The van der Waals surface area contributed by atoms with Crippen LogP contribution in [0.25, 0.3) is 32.6 Å². The smallest absolute Gasteiger partial charge is 0.250 e. The van der Waals surface area contributed by atoms with E-state index < -0.39 is 52.2 Å². The number of phenolic OH excluding ortho intramolecular Hbond substituents is 1. The third-order valence-corrected chi connectivity index (χ3v) is 22.7. The zero-order valence-electron chi connectivity index (χ0n) is 41.8. The van der Waals surface area contributed by atoms with E-state index in [-0.39, 0.29) is 39.6 Å². The summed E-state index contributed by atoms with van der Waals surface area (Å²) in [6, 6.07) is 13.7. The molecule has 70 heavy (non-hydrogen) atoms. The van der Waals surface area contributed by atoms with E-state index in [0.717, 1.165) is 17.3 Å². The standard InChI is InChI=1S/C31H44ClFN4O3Si2.C19H16ClFN4O3/c1-19-23(16-17-24(34-9)26(19)32)35-27(20(2)39-41(10,11)30(3,4)5)29-37-36-28(38-29)21-14-15-22(33)25(18-21)40-42(12,13)31(6,7)8;1-9-13(6-7-14(22-3)16(9)20)23-17(10(2)26)19-25-24-18(28-19)11-4-5-12(21)15(27)8-11/h14-18,20,27,35H,1-8,10-13H3;4-8,10,17,23,26-27H,1-2H3/t20-,27?;10-,17?/m00/s1. The van der Waals surface area contributed by atoms with E-state index in [9.17, 15) is 19.0 Å². The fourth-order valence-electron chi connectivity index (χ4n) is 6.38. The lowest BCUT2D eigenvalue weighted by atomic mass is 10.1. The van der Waals surface area contributed by atoms with E-state index in [0.29, 0.717) is 49.7 Å². The van der Waals surface area contributed by atoms with Crippen molar-refractivity contribution in [2.45, 2.75) is 130 Å². The Morgan fingerprint density at radius 3 is 1.56 bits per heavy atom. The summed E-state index contributed by atoms with van der Waals surface area (Å²) in [5, 5.41) is 43.5. The van der Waals surface area contributed by atoms with Crippen LogP contribution in [-0.4, -0.2) is 59.5 Å². The Bertz CT molecular complexity index is 2920. The van der Waals surface area contributed by atoms with Crippen LogP contribution in [0.3, 0.4) is 0 Å². The van der Waals surface area contributed by atoms with Crippen molar-refractivity contribution in [2.24, 2.45) is 0 Å². The second-order valence-electron chi connectivity index (χ2n) is 20.0. The van der Waals surface area contributed by atoms with Crippen LogP contribution in [-0.2, 0) is 4.43 Å². The van der Waals surface area contributed by atoms with E-state index in [1.54, 1.807) is 44.2 Å². The van der Waals surface area contributed by atoms with Gasteiger partial charge in [-0.1, -0.05) is 76.9 Å². The van der Waals surface area contributed by atoms with Crippen LogP contribution >= 0.6 is 23.2 Å². The predicted molar refractivity (Wildman–Crippen MR) is 276 cm³/mol. The lowest BCUT2D eigenvalue weighted by Gasteiger charge is -2.40. The number of nitrogens with one attached hydrogen (secondary N) is 2. The van der Waals surface area contributed by atoms with Crippen LogP contribution in [0.4, 0.5) is 31.5 Å². The Kier molecular flexibility index (Phi) is 17.0. The zero-order valence-corrected chi connectivity index (χ0v) is 45.3. The van der Waals surface area contributed by atoms with Gasteiger partial charge in [-0.3, -0.25) is 0 Å². The molecule has 4 N–H and O–H groups in total. The fourth-order valence-corrected chi connectivity index (χ4v) is 9.23. The number of aromatic nitrogens is 4. The van der Waals surface area contributed by atoms with E-state index >= 15 is 0 Å². The molecule has 6 aromatic rings. The third kappa shape index (κ3) is 12.5. The highest BCUT2D eigenvalue weighted by Gasteiger charge is 2.42. The minimum atomic E-state index is -2.29. The first-order valence-electron chi connectivity index (χ1n) is 22.4. The number of anilines is 2. The summed E-state index contributed by atoms with van der Waals surface area (Å²) >= 11 is 12.7. The molecule has 0 fully saturated rings. The van der Waals surface area contributed by atoms with Gasteiger partial charge >= 0.3 is 0 Å². The highest BCUT2D eigenvalue weighted by Crippen LogP contribution is 2.43. The Morgan fingerprint density at radius 1 is 0.671 bits per heavy atom. The molecule has 0 saturated carbocycles. The van der Waals surface area contributed by atoms with Crippen LogP contribution in [0.15, 0.2) is 69.5 Å². The van der Waals surface area contributed by atoms with Crippen molar-refractivity contribution in [3.63, 3.8) is 0 Å². The molecule has 6 rings (SSSR count). The molecule has 2 unspecified atom stereocenters. The van der Waals surface area contributed by atoms with Gasteiger partial charge in [0, 0.05) is 22.5 Å². The summed E-state index contributed by atoms with van der Waals surface area (Å²) < 4.78 is 52.9. The van der Waals surface area contributed by atoms with Gasteiger partial charge in [0.05, 0.1) is 35.4 Å². The highest BCUT2D eigenvalue weighted by atomic mass is 35.5. The number of aliphatic hydroxyl groups is 1. The van der Waals surface area contributed by atoms with Crippen LogP contribution in [0, 0.1) is 38.6 Å². The lowest BCUT2D eigenvalue weighted by molar-refractivity contribution is 0.159. The second-order valence-corrected chi connectivity index (χ2v) is 30.2. The average Bonchev–Trinajstić information content (AvgIpc) is 3.97. The normalized spacial score (nSPS) is 13.8. The Labute approximate surface area is 420 Å². The molecule has 372 valence electrons. The topological polar surface area (TPSA) is 170 Å². The van der Waals surface area contributed by atoms with Crippen molar-refractivity contribution in [1.29, 1.82) is 0 Å². The van der Waals surface area contributed by atoms with Gasteiger partial charge in [0.1, 0.15) is 17.8 Å². The van der Waals surface area contributed by atoms with Gasteiger partial charge in [0.25, 0.3) is 8.32 Å². The van der Waals surface area contributed by atoms with Gasteiger partial charge < -0.3 is 38.5 Å². The molecule has 0 aliphatic carbocycles. The summed E-state index contributed by atoms with van der Waals surface area (Å²) in [5.74, 6) is -0.834. The van der Waals surface area contributed by atoms with Gasteiger partial charge in [0.15, 0.2) is 25.7 Å². The number of benzene rings is 4. The predicted octanol–water partition coefficient (Wildman–Crippen LogP) is 15.0. The number of hydrogen-bond donors (Lipinski definition) is 4. The summed E-state index contributed by atoms with van der Waals surface area (Å²) in [7, 11) is -4.47. The highest BCUT2D eigenvalue weighted by molar-refractivity contribution is 6.75. The first-order valence-corrected chi connectivity index (χ1v) is 28.9. The number of aliphatic hydroxyl groups excluding tert-OH is 1. The molecule has 4 aromatic carbocycles. The first kappa shape index (κ1) is 55.1. The van der Waals surface area contributed by atoms with Crippen LogP contribution in [0.5, 0.6) is 11.5 Å². The average molecular weight is 1030 g/mol. The van der Waals surface area contributed by atoms with Gasteiger partial charge in [-0.2, -0.15) is 0 Å². The maximum absolute atomic E-state index is 14.8. The molecule has 0 aliphatic heterocycles. The number of rotatable bonds is 14. The molecule has 20 heteroatoms. The minimum Gasteiger partial charge on any atom is -0.542 e. The Balaban J connectivity index is 0.000000282. The second kappa shape index (κ2) is 21.6. The van der Waals surface area contributed by atoms with E-state index in [4.69, 9.17) is 54.0 Å². The largest absolute Gasteiger partial charge is 0.542 e. The van der Waals surface area contributed by atoms with Crippen molar-refractivity contribution >= 4 is 62.6 Å². The van der Waals surface area contributed by atoms with E-state index in [1.165, 1.54) is 18.2 Å². The van der Waals surface area contributed by atoms with Crippen molar-refractivity contribution in [3.8, 4) is 34.4 Å². The third-order valence-electron chi connectivity index (χ3n) is 12.8. The van der Waals surface area contributed by atoms with Crippen LogP contribution in [0.1, 0.15) is 90.4 Å². The van der Waals surface area contributed by atoms with Gasteiger partial charge in [-0.25, -0.2) is 18.5 Å². The van der Waals surface area contributed by atoms with Crippen LogP contribution < -0.4 is 15.1 Å². The van der Waals surface area contributed by atoms with Crippen molar-refractivity contribution < 1.29 is 36.7 Å². The fraction of sp³-hybridized carbons (Fsp3) is 0.400. The molecule has 0 bridgehead atoms. The number of aromatic hydroxyl groups is 1.